The fraction of sp³-hybridized carbons (Fsp3) is 0.0476. The van der Waals surface area contributed by atoms with Crippen LogP contribution in [0.2, 0.25) is 0 Å². The van der Waals surface area contributed by atoms with Gasteiger partial charge in [0.05, 0.1) is 0 Å². The second-order valence-corrected chi connectivity index (χ2v) is 6.04. The maximum absolute atomic E-state index is 9.40. The third-order valence-corrected chi connectivity index (χ3v) is 4.42. The number of rotatable bonds is 4. The van der Waals surface area contributed by atoms with E-state index in [1.807, 2.05) is 60.7 Å². The highest BCUT2D eigenvalue weighted by atomic mass is 16.6. The monoisotopic (exact) mass is 328 g/mol. The van der Waals surface area contributed by atoms with Crippen LogP contribution < -0.4 is 4.65 Å². The van der Waals surface area contributed by atoms with Crippen molar-refractivity contribution in [3.05, 3.63) is 90.0 Å². The van der Waals surface area contributed by atoms with Crippen LogP contribution in [0.3, 0.4) is 0 Å². The molecule has 0 fully saturated rings. The highest BCUT2D eigenvalue weighted by molar-refractivity contribution is 6.34. The number of benzene rings is 4. The van der Waals surface area contributed by atoms with Crippen molar-refractivity contribution >= 4 is 28.9 Å². The molecule has 0 atom stereocenters. The van der Waals surface area contributed by atoms with E-state index in [0.717, 1.165) is 32.7 Å². The van der Waals surface area contributed by atoms with Gasteiger partial charge in [0.25, 0.3) is 0 Å². The van der Waals surface area contributed by atoms with E-state index in [2.05, 4.69) is 18.2 Å². The molecule has 0 spiro atoms. The Morgan fingerprint density at radius 1 is 0.680 bits per heavy atom. The van der Waals surface area contributed by atoms with Gasteiger partial charge in [-0.3, -0.25) is 0 Å². The average molecular weight is 328 g/mol. The molecule has 3 nitrogen and oxygen atoms in total. The van der Waals surface area contributed by atoms with Gasteiger partial charge in [-0.1, -0.05) is 78.9 Å². The molecule has 0 aliphatic rings. The van der Waals surface area contributed by atoms with Crippen molar-refractivity contribution in [1.29, 1.82) is 0 Å². The SMILES string of the molecule is OB(O)Oc1c(Cc2ccccc2)ccc2c1ccc1ccccc12. The Morgan fingerprint density at radius 3 is 2.20 bits per heavy atom. The molecule has 0 aromatic heterocycles. The lowest BCUT2D eigenvalue weighted by Gasteiger charge is -2.16. The summed E-state index contributed by atoms with van der Waals surface area (Å²) >= 11 is 0. The van der Waals surface area contributed by atoms with Crippen LogP contribution in [0, 0.1) is 0 Å². The molecule has 0 bridgehead atoms. The maximum atomic E-state index is 9.40. The van der Waals surface area contributed by atoms with Gasteiger partial charge in [-0.05, 0) is 27.3 Å². The second-order valence-electron chi connectivity index (χ2n) is 6.04. The second kappa shape index (κ2) is 6.59. The third kappa shape index (κ3) is 3.10. The molecule has 2 N–H and O–H groups in total. The molecule has 4 heteroatoms. The minimum atomic E-state index is -1.86. The molecule has 4 rings (SSSR count). The molecule has 0 heterocycles. The standard InChI is InChI=1S/C21H17BO3/c23-22(24)25-21-17(14-15-6-2-1-3-7-15)11-12-19-18-9-5-4-8-16(18)10-13-20(19)21/h1-13,23-24H,14H2. The van der Waals surface area contributed by atoms with Crippen LogP contribution in [0.15, 0.2) is 78.9 Å². The van der Waals surface area contributed by atoms with Crippen molar-refractivity contribution in [2.75, 3.05) is 0 Å². The summed E-state index contributed by atoms with van der Waals surface area (Å²) in [5.74, 6) is 0.516. The number of hydrogen-bond acceptors (Lipinski definition) is 3. The smallest absolute Gasteiger partial charge is 0.511 e. The summed E-state index contributed by atoms with van der Waals surface area (Å²) in [5.41, 5.74) is 2.06. The molecule has 122 valence electrons. The van der Waals surface area contributed by atoms with Crippen molar-refractivity contribution < 1.29 is 14.7 Å². The van der Waals surface area contributed by atoms with Crippen molar-refractivity contribution in [3.8, 4) is 5.75 Å². The first-order valence-electron chi connectivity index (χ1n) is 8.22. The quantitative estimate of drug-likeness (QED) is 0.441. The highest BCUT2D eigenvalue weighted by Crippen LogP contribution is 2.35. The molecular weight excluding hydrogens is 311 g/mol. The summed E-state index contributed by atoms with van der Waals surface area (Å²) in [4.78, 5) is 0. The number of hydrogen-bond donors (Lipinski definition) is 2. The summed E-state index contributed by atoms with van der Waals surface area (Å²) in [6.45, 7) is 0. The Hall–Kier alpha value is -2.82. The van der Waals surface area contributed by atoms with Crippen molar-refractivity contribution in [3.63, 3.8) is 0 Å². The highest BCUT2D eigenvalue weighted by Gasteiger charge is 2.18. The van der Waals surface area contributed by atoms with Crippen molar-refractivity contribution in [2.45, 2.75) is 6.42 Å². The summed E-state index contributed by atoms with van der Waals surface area (Å²) in [7, 11) is -1.86. The molecule has 0 aliphatic carbocycles. The van der Waals surface area contributed by atoms with Gasteiger partial charge >= 0.3 is 7.32 Å². The fourth-order valence-corrected chi connectivity index (χ4v) is 3.31. The van der Waals surface area contributed by atoms with E-state index in [-0.39, 0.29) is 0 Å². The Morgan fingerprint density at radius 2 is 1.40 bits per heavy atom. The summed E-state index contributed by atoms with van der Waals surface area (Å²) < 4.78 is 5.39. The minimum absolute atomic E-state index is 0.516. The van der Waals surface area contributed by atoms with Crippen LogP contribution in [0.1, 0.15) is 11.1 Å². The lowest BCUT2D eigenvalue weighted by atomic mass is 9.96. The summed E-state index contributed by atoms with van der Waals surface area (Å²) in [6.07, 6.45) is 0.658. The Bertz CT molecular complexity index is 1030. The van der Waals surface area contributed by atoms with Crippen LogP contribution in [-0.2, 0) is 6.42 Å². The van der Waals surface area contributed by atoms with E-state index in [1.165, 1.54) is 0 Å². The topological polar surface area (TPSA) is 49.7 Å². The van der Waals surface area contributed by atoms with Gasteiger partial charge in [0.15, 0.2) is 0 Å². The first kappa shape index (κ1) is 15.7. The van der Waals surface area contributed by atoms with E-state index in [9.17, 15) is 10.0 Å². The zero-order chi connectivity index (χ0) is 17.2. The van der Waals surface area contributed by atoms with Gasteiger partial charge in [0, 0.05) is 11.8 Å². The van der Waals surface area contributed by atoms with Gasteiger partial charge in [-0.2, -0.15) is 0 Å². The molecule has 4 aromatic rings. The predicted octanol–water partition coefficient (Wildman–Crippen LogP) is 3.93. The van der Waals surface area contributed by atoms with Crippen LogP contribution in [0.5, 0.6) is 5.75 Å². The Balaban J connectivity index is 1.92. The van der Waals surface area contributed by atoms with Gasteiger partial charge in [0.1, 0.15) is 5.75 Å². The number of fused-ring (bicyclic) bond motifs is 3. The first-order valence-corrected chi connectivity index (χ1v) is 8.22. The molecule has 0 radical (unpaired) electrons. The van der Waals surface area contributed by atoms with Crippen molar-refractivity contribution in [1.82, 2.24) is 0 Å². The molecule has 0 saturated heterocycles. The molecule has 4 aromatic carbocycles. The first-order chi connectivity index (χ1) is 12.2. The maximum Gasteiger partial charge on any atom is 0.707 e. The van der Waals surface area contributed by atoms with E-state index in [1.54, 1.807) is 0 Å². The van der Waals surface area contributed by atoms with Crippen LogP contribution in [-0.4, -0.2) is 17.4 Å². The zero-order valence-electron chi connectivity index (χ0n) is 13.6. The summed E-state index contributed by atoms with van der Waals surface area (Å²) in [5, 5.41) is 23.0. The fourth-order valence-electron chi connectivity index (χ4n) is 3.31. The molecule has 25 heavy (non-hydrogen) atoms. The molecule has 0 amide bonds. The van der Waals surface area contributed by atoms with Crippen LogP contribution >= 0.6 is 0 Å². The normalized spacial score (nSPS) is 11.0. The lowest BCUT2D eigenvalue weighted by Crippen LogP contribution is -2.21. The average Bonchev–Trinajstić information content (AvgIpc) is 2.64. The van der Waals surface area contributed by atoms with Crippen LogP contribution in [0.25, 0.3) is 21.5 Å². The Labute approximate surface area is 146 Å². The van der Waals surface area contributed by atoms with Crippen LogP contribution in [0.4, 0.5) is 0 Å². The molecule has 0 saturated carbocycles. The van der Waals surface area contributed by atoms with Gasteiger partial charge in [-0.15, -0.1) is 0 Å². The third-order valence-electron chi connectivity index (χ3n) is 4.42. The lowest BCUT2D eigenvalue weighted by molar-refractivity contribution is 0.288. The van der Waals surface area contributed by atoms with Crippen molar-refractivity contribution in [2.24, 2.45) is 0 Å². The minimum Gasteiger partial charge on any atom is -0.511 e. The molecule has 0 unspecified atom stereocenters. The molecular formula is C21H17BO3. The van der Waals surface area contributed by atoms with E-state index in [4.69, 9.17) is 4.65 Å². The largest absolute Gasteiger partial charge is 0.707 e. The van der Waals surface area contributed by atoms with Gasteiger partial charge in [0.2, 0.25) is 0 Å². The zero-order valence-corrected chi connectivity index (χ0v) is 13.6. The van der Waals surface area contributed by atoms with Gasteiger partial charge < -0.3 is 14.7 Å². The molecule has 0 aliphatic heterocycles. The van der Waals surface area contributed by atoms with E-state index < -0.39 is 7.32 Å². The van der Waals surface area contributed by atoms with Gasteiger partial charge in [-0.25, -0.2) is 0 Å². The summed E-state index contributed by atoms with van der Waals surface area (Å²) in [6, 6.07) is 26.3. The predicted molar refractivity (Wildman–Crippen MR) is 102 cm³/mol. The Kier molecular flexibility index (Phi) is 4.14. The van der Waals surface area contributed by atoms with E-state index in [0.29, 0.717) is 12.2 Å². The van der Waals surface area contributed by atoms with E-state index >= 15 is 0 Å².